The molecule has 132 valence electrons. The van der Waals surface area contributed by atoms with E-state index in [1.165, 1.54) is 7.11 Å². The number of fused-ring (bicyclic) bond motifs is 1. The Labute approximate surface area is 151 Å². The fraction of sp³-hybridized carbons (Fsp3) is 0.143. The third kappa shape index (κ3) is 3.24. The molecule has 2 aromatic rings. The lowest BCUT2D eigenvalue weighted by Gasteiger charge is -2.05. The Morgan fingerprint density at radius 3 is 2.54 bits per heavy atom. The second-order valence-corrected chi connectivity index (χ2v) is 5.82. The number of esters is 1. The maximum absolute atomic E-state index is 12.6. The van der Waals surface area contributed by atoms with Crippen molar-refractivity contribution in [2.75, 3.05) is 13.7 Å². The minimum absolute atomic E-state index is 0.0869. The van der Waals surface area contributed by atoms with E-state index in [0.29, 0.717) is 41.0 Å². The van der Waals surface area contributed by atoms with Gasteiger partial charge in [-0.1, -0.05) is 24.8 Å². The predicted octanol–water partition coefficient (Wildman–Crippen LogP) is 3.75. The standard InChI is InChI=1S/C21H18O5/c1-3-10-26-16-8-9-17-15(11-16)12-18(20(17)23)19(22)13-4-6-14(7-5-13)21(24)25-2/h3-9,11,22H,1,10,12H2,2H3/b19-18-. The number of carbonyl (C=O) groups is 2. The number of carbonyl (C=O) groups excluding carboxylic acids is 2. The van der Waals surface area contributed by atoms with Crippen LogP contribution in [0.15, 0.2) is 60.7 Å². The highest BCUT2D eigenvalue weighted by Gasteiger charge is 2.28. The Hall–Kier alpha value is -3.34. The summed E-state index contributed by atoms with van der Waals surface area (Å²) < 4.78 is 10.1. The first-order valence-corrected chi connectivity index (χ1v) is 8.07. The molecule has 26 heavy (non-hydrogen) atoms. The molecule has 0 aliphatic heterocycles. The van der Waals surface area contributed by atoms with E-state index in [1.54, 1.807) is 48.5 Å². The molecule has 0 spiro atoms. The number of ether oxygens (including phenoxy) is 2. The first-order chi connectivity index (χ1) is 12.5. The van der Waals surface area contributed by atoms with Crippen molar-refractivity contribution in [3.05, 3.63) is 82.9 Å². The number of benzene rings is 2. The number of aliphatic hydroxyl groups is 1. The average molecular weight is 350 g/mol. The molecule has 0 saturated carbocycles. The van der Waals surface area contributed by atoms with Crippen LogP contribution in [0.4, 0.5) is 0 Å². The first kappa shape index (κ1) is 17.5. The van der Waals surface area contributed by atoms with Crippen LogP contribution in [0.1, 0.15) is 31.8 Å². The highest BCUT2D eigenvalue weighted by Crippen LogP contribution is 2.33. The van der Waals surface area contributed by atoms with E-state index < -0.39 is 5.97 Å². The van der Waals surface area contributed by atoms with Gasteiger partial charge in [0.2, 0.25) is 0 Å². The lowest BCUT2D eigenvalue weighted by Crippen LogP contribution is -2.02. The van der Waals surface area contributed by atoms with E-state index in [-0.39, 0.29) is 11.5 Å². The number of hydrogen-bond donors (Lipinski definition) is 1. The third-order valence-electron chi connectivity index (χ3n) is 4.20. The molecule has 1 aliphatic rings. The van der Waals surface area contributed by atoms with Crippen molar-refractivity contribution < 1.29 is 24.2 Å². The smallest absolute Gasteiger partial charge is 0.337 e. The zero-order valence-electron chi connectivity index (χ0n) is 14.3. The molecule has 0 atom stereocenters. The van der Waals surface area contributed by atoms with Crippen molar-refractivity contribution in [2.45, 2.75) is 6.42 Å². The zero-order chi connectivity index (χ0) is 18.7. The summed E-state index contributed by atoms with van der Waals surface area (Å²) in [5.74, 6) is -0.0966. The van der Waals surface area contributed by atoms with E-state index in [4.69, 9.17) is 4.74 Å². The molecule has 5 heteroatoms. The van der Waals surface area contributed by atoms with Crippen molar-refractivity contribution >= 4 is 17.5 Å². The van der Waals surface area contributed by atoms with Gasteiger partial charge in [0.15, 0.2) is 5.78 Å². The minimum Gasteiger partial charge on any atom is -0.507 e. The van der Waals surface area contributed by atoms with Crippen LogP contribution in [0.25, 0.3) is 5.76 Å². The molecule has 3 rings (SSSR count). The zero-order valence-corrected chi connectivity index (χ0v) is 14.3. The summed E-state index contributed by atoms with van der Waals surface area (Å²) in [4.78, 5) is 24.1. The lowest BCUT2D eigenvalue weighted by molar-refractivity contribution is 0.0600. The number of ketones is 1. The van der Waals surface area contributed by atoms with Gasteiger partial charge in [0.1, 0.15) is 18.1 Å². The van der Waals surface area contributed by atoms with Crippen molar-refractivity contribution in [2.24, 2.45) is 0 Å². The quantitative estimate of drug-likeness (QED) is 0.385. The molecule has 0 heterocycles. The molecule has 0 bridgehead atoms. The summed E-state index contributed by atoms with van der Waals surface area (Å²) in [6.07, 6.45) is 1.97. The molecule has 1 N–H and O–H groups in total. The fourth-order valence-corrected chi connectivity index (χ4v) is 2.86. The first-order valence-electron chi connectivity index (χ1n) is 8.07. The Morgan fingerprint density at radius 1 is 1.19 bits per heavy atom. The molecule has 1 aliphatic carbocycles. The third-order valence-corrected chi connectivity index (χ3v) is 4.20. The van der Waals surface area contributed by atoms with E-state index >= 15 is 0 Å². The monoisotopic (exact) mass is 350 g/mol. The highest BCUT2D eigenvalue weighted by atomic mass is 16.5. The highest BCUT2D eigenvalue weighted by molar-refractivity contribution is 6.16. The molecule has 0 radical (unpaired) electrons. The van der Waals surface area contributed by atoms with Crippen LogP contribution >= 0.6 is 0 Å². The van der Waals surface area contributed by atoms with Crippen LogP contribution in [0, 0.1) is 0 Å². The Morgan fingerprint density at radius 2 is 1.88 bits per heavy atom. The average Bonchev–Trinajstić information content (AvgIpc) is 3.01. The van der Waals surface area contributed by atoms with Crippen molar-refractivity contribution in [1.29, 1.82) is 0 Å². The van der Waals surface area contributed by atoms with Gasteiger partial charge in [-0.05, 0) is 35.9 Å². The SMILES string of the molecule is C=CCOc1ccc2c(c1)C/C(=C(/O)c1ccc(C(=O)OC)cc1)C2=O. The van der Waals surface area contributed by atoms with Gasteiger partial charge in [0.25, 0.3) is 0 Å². The van der Waals surface area contributed by atoms with Crippen LogP contribution in [-0.4, -0.2) is 30.6 Å². The Balaban J connectivity index is 1.89. The summed E-state index contributed by atoms with van der Waals surface area (Å²) in [5, 5.41) is 10.6. The van der Waals surface area contributed by atoms with Crippen LogP contribution in [0.5, 0.6) is 5.75 Å². The molecule has 0 fully saturated rings. The number of Topliss-reactive ketones (excluding diaryl/α,β-unsaturated/α-hetero) is 1. The van der Waals surface area contributed by atoms with Gasteiger partial charge < -0.3 is 14.6 Å². The number of hydrogen-bond acceptors (Lipinski definition) is 5. The number of methoxy groups -OCH3 is 1. The fourth-order valence-electron chi connectivity index (χ4n) is 2.86. The van der Waals surface area contributed by atoms with Crippen LogP contribution < -0.4 is 4.74 Å². The van der Waals surface area contributed by atoms with Gasteiger partial charge in [-0.3, -0.25) is 4.79 Å². The molecule has 2 aromatic carbocycles. The van der Waals surface area contributed by atoms with Gasteiger partial charge in [0.05, 0.1) is 12.7 Å². The number of aliphatic hydroxyl groups excluding tert-OH is 1. The second kappa shape index (κ2) is 7.27. The van der Waals surface area contributed by atoms with E-state index in [9.17, 15) is 14.7 Å². The lowest BCUT2D eigenvalue weighted by atomic mass is 10.0. The summed E-state index contributed by atoms with van der Waals surface area (Å²) in [5.41, 5.74) is 2.54. The normalized spacial score (nSPS) is 14.6. The predicted molar refractivity (Wildman–Crippen MR) is 97.5 cm³/mol. The Bertz CT molecular complexity index is 906. The van der Waals surface area contributed by atoms with Gasteiger partial charge in [-0.15, -0.1) is 0 Å². The second-order valence-electron chi connectivity index (χ2n) is 5.82. The number of allylic oxidation sites excluding steroid dienone is 1. The molecular formula is C21H18O5. The van der Waals surface area contributed by atoms with Gasteiger partial charge in [-0.25, -0.2) is 4.79 Å². The van der Waals surface area contributed by atoms with Gasteiger partial charge in [-0.2, -0.15) is 0 Å². The van der Waals surface area contributed by atoms with Gasteiger partial charge in [0, 0.05) is 23.1 Å². The largest absolute Gasteiger partial charge is 0.507 e. The van der Waals surface area contributed by atoms with Gasteiger partial charge >= 0.3 is 5.97 Å². The molecule has 5 nitrogen and oxygen atoms in total. The molecule has 0 aromatic heterocycles. The maximum atomic E-state index is 12.6. The maximum Gasteiger partial charge on any atom is 0.337 e. The summed E-state index contributed by atoms with van der Waals surface area (Å²) in [6, 6.07) is 11.5. The topological polar surface area (TPSA) is 72.8 Å². The van der Waals surface area contributed by atoms with Crippen molar-refractivity contribution in [3.8, 4) is 5.75 Å². The summed E-state index contributed by atoms with van der Waals surface area (Å²) >= 11 is 0. The van der Waals surface area contributed by atoms with Crippen molar-refractivity contribution in [1.82, 2.24) is 0 Å². The summed E-state index contributed by atoms with van der Waals surface area (Å²) in [6.45, 7) is 3.99. The van der Waals surface area contributed by atoms with Crippen LogP contribution in [0.2, 0.25) is 0 Å². The van der Waals surface area contributed by atoms with Crippen LogP contribution in [0.3, 0.4) is 0 Å². The van der Waals surface area contributed by atoms with Crippen molar-refractivity contribution in [3.63, 3.8) is 0 Å². The van der Waals surface area contributed by atoms with E-state index in [1.807, 2.05) is 0 Å². The molecule has 0 unspecified atom stereocenters. The van der Waals surface area contributed by atoms with E-state index in [2.05, 4.69) is 11.3 Å². The van der Waals surface area contributed by atoms with E-state index in [0.717, 1.165) is 5.56 Å². The summed E-state index contributed by atoms with van der Waals surface area (Å²) in [7, 11) is 1.30. The number of rotatable bonds is 5. The minimum atomic E-state index is -0.458. The van der Waals surface area contributed by atoms with Crippen LogP contribution in [-0.2, 0) is 11.2 Å². The molecule has 0 saturated heterocycles. The molecular weight excluding hydrogens is 332 g/mol. The molecule has 0 amide bonds. The Kier molecular flexibility index (Phi) is 4.89.